The van der Waals surface area contributed by atoms with E-state index >= 15 is 0 Å². The molecule has 0 saturated carbocycles. The van der Waals surface area contributed by atoms with Gasteiger partial charge in [-0.3, -0.25) is 0 Å². The fourth-order valence-electron chi connectivity index (χ4n) is 3.03. The van der Waals surface area contributed by atoms with Crippen LogP contribution in [0.2, 0.25) is 0 Å². The Balaban J connectivity index is 2.01. The number of hydrogen-bond donors (Lipinski definition) is 0. The van der Waals surface area contributed by atoms with Gasteiger partial charge in [-0.1, -0.05) is 13.0 Å². The fraction of sp³-hybridized carbons (Fsp3) is 0.263. The van der Waals surface area contributed by atoms with Gasteiger partial charge in [0.15, 0.2) is 11.6 Å². The van der Waals surface area contributed by atoms with Gasteiger partial charge in [0.05, 0.1) is 0 Å². The third-order valence-corrected chi connectivity index (χ3v) is 4.24. The van der Waals surface area contributed by atoms with Crippen LogP contribution in [-0.4, -0.2) is 6.36 Å². The normalized spacial score (nSPS) is 14.0. The third-order valence-electron chi connectivity index (χ3n) is 4.24. The first-order valence-corrected chi connectivity index (χ1v) is 7.95. The van der Waals surface area contributed by atoms with E-state index in [1.165, 1.54) is 18.2 Å². The van der Waals surface area contributed by atoms with Gasteiger partial charge in [-0.15, -0.1) is 13.2 Å². The monoisotopic (exact) mass is 372 g/mol. The second-order valence-corrected chi connectivity index (χ2v) is 5.99. The van der Waals surface area contributed by atoms with Crippen LogP contribution in [0.25, 0.3) is 11.6 Å². The molecule has 1 aliphatic carbocycles. The average Bonchev–Trinajstić information content (AvgIpc) is 2.53. The van der Waals surface area contributed by atoms with Crippen molar-refractivity contribution in [1.82, 2.24) is 0 Å². The molecule has 0 spiro atoms. The summed E-state index contributed by atoms with van der Waals surface area (Å²) in [6.45, 7) is 1.77. The van der Waals surface area contributed by atoms with Gasteiger partial charge in [-0.2, -0.15) is 0 Å². The first-order valence-electron chi connectivity index (χ1n) is 7.95. The molecule has 3 rings (SSSR count). The number of fused-ring (bicyclic) bond motifs is 1. The second kappa shape index (κ2) is 6.70. The number of allylic oxidation sites excluding steroid dienone is 1. The molecule has 1 aliphatic rings. The van der Waals surface area contributed by atoms with Crippen LogP contribution in [0.1, 0.15) is 35.6 Å². The van der Waals surface area contributed by atoms with Crippen LogP contribution in [0.15, 0.2) is 24.3 Å². The first kappa shape index (κ1) is 18.4. The first-order chi connectivity index (χ1) is 12.2. The number of benzene rings is 2. The van der Waals surface area contributed by atoms with Crippen molar-refractivity contribution >= 4 is 11.6 Å². The Bertz CT molecular complexity index is 859. The highest BCUT2D eigenvalue weighted by Crippen LogP contribution is 2.37. The molecular formula is C19H14F6O. The van der Waals surface area contributed by atoms with Crippen molar-refractivity contribution in [3.05, 3.63) is 64.0 Å². The summed E-state index contributed by atoms with van der Waals surface area (Å²) in [5.74, 6) is -3.54. The minimum absolute atomic E-state index is 0.191. The molecule has 138 valence electrons. The zero-order valence-corrected chi connectivity index (χ0v) is 13.7. The van der Waals surface area contributed by atoms with E-state index in [4.69, 9.17) is 0 Å². The summed E-state index contributed by atoms with van der Waals surface area (Å²) in [4.78, 5) is 0. The maximum Gasteiger partial charge on any atom is 0.573 e. The molecule has 0 N–H and O–H groups in total. The Labute approximate surface area is 145 Å². The molecule has 1 nitrogen and oxygen atoms in total. The quantitative estimate of drug-likeness (QED) is 0.596. The van der Waals surface area contributed by atoms with E-state index in [2.05, 4.69) is 4.74 Å². The van der Waals surface area contributed by atoms with Crippen LogP contribution in [0.5, 0.6) is 5.75 Å². The maximum absolute atomic E-state index is 14.3. The zero-order valence-electron chi connectivity index (χ0n) is 13.7. The van der Waals surface area contributed by atoms with Crippen LogP contribution in [0.3, 0.4) is 0 Å². The molecule has 0 heterocycles. The fourth-order valence-corrected chi connectivity index (χ4v) is 3.03. The number of rotatable bonds is 3. The van der Waals surface area contributed by atoms with Crippen LogP contribution in [-0.2, 0) is 12.8 Å². The second-order valence-electron chi connectivity index (χ2n) is 5.99. The van der Waals surface area contributed by atoms with Gasteiger partial charge < -0.3 is 4.74 Å². The number of hydrogen-bond acceptors (Lipinski definition) is 1. The lowest BCUT2D eigenvalue weighted by atomic mass is 9.87. The smallest absolute Gasteiger partial charge is 0.403 e. The number of ether oxygens (including phenoxy) is 1. The molecule has 0 fully saturated rings. The van der Waals surface area contributed by atoms with E-state index in [0.717, 1.165) is 12.1 Å². The summed E-state index contributed by atoms with van der Waals surface area (Å²) < 4.78 is 83.0. The van der Waals surface area contributed by atoms with Crippen molar-refractivity contribution in [1.29, 1.82) is 0 Å². The van der Waals surface area contributed by atoms with Gasteiger partial charge in [-0.05, 0) is 65.8 Å². The Kier molecular flexibility index (Phi) is 4.73. The summed E-state index contributed by atoms with van der Waals surface area (Å²) >= 11 is 0. The molecule has 26 heavy (non-hydrogen) atoms. The SMILES string of the molecule is CCc1cc(F)c(C2=Cc3cc(F)c(OC(F)(F)F)cc3CC2)c(F)c1. The molecule has 2 aromatic carbocycles. The standard InChI is InChI=1S/C19H14F6O/c1-2-10-5-15(21)18(16(22)6-10)12-4-3-11-9-17(26-19(23,24)25)14(20)8-13(11)7-12/h5-9H,2-4H2,1H3. The Morgan fingerprint density at radius 1 is 0.923 bits per heavy atom. The van der Waals surface area contributed by atoms with E-state index in [1.807, 2.05) is 0 Å². The molecule has 0 aliphatic heterocycles. The van der Waals surface area contributed by atoms with Gasteiger partial charge in [0.25, 0.3) is 0 Å². The van der Waals surface area contributed by atoms with Gasteiger partial charge in [0, 0.05) is 5.56 Å². The third kappa shape index (κ3) is 3.71. The van der Waals surface area contributed by atoms with Crippen molar-refractivity contribution in [3.63, 3.8) is 0 Å². The van der Waals surface area contributed by atoms with Gasteiger partial charge in [-0.25, -0.2) is 13.2 Å². The predicted molar refractivity (Wildman–Crippen MR) is 85.0 cm³/mol. The lowest BCUT2D eigenvalue weighted by Crippen LogP contribution is -2.18. The molecule has 0 atom stereocenters. The van der Waals surface area contributed by atoms with Crippen molar-refractivity contribution in [3.8, 4) is 5.75 Å². The number of alkyl halides is 3. The van der Waals surface area contributed by atoms with E-state index in [0.29, 0.717) is 23.1 Å². The van der Waals surface area contributed by atoms with Crippen molar-refractivity contribution in [2.24, 2.45) is 0 Å². The van der Waals surface area contributed by atoms with E-state index in [-0.39, 0.29) is 24.0 Å². The zero-order chi connectivity index (χ0) is 19.1. The molecule has 2 aromatic rings. The van der Waals surface area contributed by atoms with Crippen LogP contribution >= 0.6 is 0 Å². The average molecular weight is 372 g/mol. The van der Waals surface area contributed by atoms with E-state index in [9.17, 15) is 26.3 Å². The molecule has 0 aromatic heterocycles. The Morgan fingerprint density at radius 2 is 1.58 bits per heavy atom. The molecular weight excluding hydrogens is 358 g/mol. The van der Waals surface area contributed by atoms with Crippen molar-refractivity contribution in [2.75, 3.05) is 0 Å². The van der Waals surface area contributed by atoms with Crippen LogP contribution in [0, 0.1) is 17.5 Å². The van der Waals surface area contributed by atoms with Gasteiger partial charge >= 0.3 is 6.36 Å². The molecule has 0 saturated heterocycles. The molecule has 7 heteroatoms. The minimum Gasteiger partial charge on any atom is -0.403 e. The topological polar surface area (TPSA) is 9.23 Å². The summed E-state index contributed by atoms with van der Waals surface area (Å²) in [6.07, 6.45) is -2.71. The highest BCUT2D eigenvalue weighted by atomic mass is 19.4. The number of halogens is 6. The van der Waals surface area contributed by atoms with Gasteiger partial charge in [0.1, 0.15) is 11.6 Å². The summed E-state index contributed by atoms with van der Waals surface area (Å²) in [7, 11) is 0. The largest absolute Gasteiger partial charge is 0.573 e. The van der Waals surface area contributed by atoms with Crippen molar-refractivity contribution in [2.45, 2.75) is 32.5 Å². The summed E-state index contributed by atoms with van der Waals surface area (Å²) in [5, 5.41) is 0. The van der Waals surface area contributed by atoms with Gasteiger partial charge in [0.2, 0.25) is 0 Å². The minimum atomic E-state index is -5.00. The Morgan fingerprint density at radius 3 is 2.15 bits per heavy atom. The lowest BCUT2D eigenvalue weighted by Gasteiger charge is -2.20. The molecule has 0 bridgehead atoms. The number of aryl methyl sites for hydroxylation is 2. The van der Waals surface area contributed by atoms with E-state index < -0.39 is 29.6 Å². The summed E-state index contributed by atoms with van der Waals surface area (Å²) in [6, 6.07) is 4.34. The van der Waals surface area contributed by atoms with Crippen LogP contribution in [0.4, 0.5) is 26.3 Å². The van der Waals surface area contributed by atoms with E-state index in [1.54, 1.807) is 6.92 Å². The molecule has 0 unspecified atom stereocenters. The maximum atomic E-state index is 14.3. The van der Waals surface area contributed by atoms with Crippen molar-refractivity contribution < 1.29 is 31.1 Å². The highest BCUT2D eigenvalue weighted by Gasteiger charge is 2.33. The predicted octanol–water partition coefficient (Wildman–Crippen LogP) is 6.05. The Hall–Kier alpha value is -2.44. The lowest BCUT2D eigenvalue weighted by molar-refractivity contribution is -0.275. The molecule has 0 radical (unpaired) electrons. The summed E-state index contributed by atoms with van der Waals surface area (Å²) in [5.41, 5.74) is 1.35. The molecule has 0 amide bonds. The van der Waals surface area contributed by atoms with Crippen LogP contribution < -0.4 is 4.74 Å². The highest BCUT2D eigenvalue weighted by molar-refractivity contribution is 5.85.